The molecule has 0 amide bonds. The molecular formula is C20H20N2O2. The van der Waals surface area contributed by atoms with E-state index in [-0.39, 0.29) is 0 Å². The zero-order valence-electron chi connectivity index (χ0n) is 13.4. The number of H-pyrrole nitrogens is 1. The number of aliphatic carboxylic acids is 1. The van der Waals surface area contributed by atoms with E-state index in [1.54, 1.807) is 0 Å². The van der Waals surface area contributed by atoms with Crippen LogP contribution < -0.4 is 0 Å². The largest absolute Gasteiger partial charge is 0.481 e. The first-order valence-corrected chi connectivity index (χ1v) is 8.31. The van der Waals surface area contributed by atoms with Crippen LogP contribution in [0.4, 0.5) is 0 Å². The maximum Gasteiger partial charge on any atom is 0.313 e. The van der Waals surface area contributed by atoms with Gasteiger partial charge in [0, 0.05) is 36.2 Å². The fourth-order valence-corrected chi connectivity index (χ4v) is 3.69. The van der Waals surface area contributed by atoms with Crippen LogP contribution in [0.5, 0.6) is 0 Å². The van der Waals surface area contributed by atoms with E-state index in [2.05, 4.69) is 28.1 Å². The van der Waals surface area contributed by atoms with E-state index in [0.29, 0.717) is 6.54 Å². The van der Waals surface area contributed by atoms with Crippen molar-refractivity contribution in [2.45, 2.75) is 18.9 Å². The predicted octanol–water partition coefficient (Wildman–Crippen LogP) is 3.39. The number of aromatic amines is 1. The van der Waals surface area contributed by atoms with Gasteiger partial charge in [0.25, 0.3) is 0 Å². The first-order valence-electron chi connectivity index (χ1n) is 8.31. The fraction of sp³-hybridized carbons (Fsp3) is 0.250. The SMILES string of the molecule is O=C(O)C1CN(Cc2ccccc2)CCc2c1[nH]c1ccccc21. The molecule has 2 N–H and O–H groups in total. The molecule has 1 unspecified atom stereocenters. The monoisotopic (exact) mass is 320 g/mol. The Morgan fingerprint density at radius 3 is 2.67 bits per heavy atom. The summed E-state index contributed by atoms with van der Waals surface area (Å²) in [5.74, 6) is -1.28. The summed E-state index contributed by atoms with van der Waals surface area (Å²) in [6.07, 6.45) is 0.871. The second-order valence-corrected chi connectivity index (χ2v) is 6.42. The Bertz CT molecular complexity index is 870. The lowest BCUT2D eigenvalue weighted by Gasteiger charge is -2.22. The summed E-state index contributed by atoms with van der Waals surface area (Å²) in [6, 6.07) is 18.3. The molecule has 24 heavy (non-hydrogen) atoms. The molecule has 1 aliphatic rings. The standard InChI is InChI=1S/C20H20N2O2/c23-20(24)17-13-22(12-14-6-2-1-3-7-14)11-10-16-15-8-4-5-9-18(15)21-19(16)17/h1-9,17,21H,10-13H2,(H,23,24). The van der Waals surface area contributed by atoms with E-state index in [9.17, 15) is 9.90 Å². The Hall–Kier alpha value is -2.59. The number of nitrogens with one attached hydrogen (secondary N) is 1. The van der Waals surface area contributed by atoms with Gasteiger partial charge in [0.15, 0.2) is 0 Å². The van der Waals surface area contributed by atoms with Crippen molar-refractivity contribution in [1.29, 1.82) is 0 Å². The number of rotatable bonds is 3. The van der Waals surface area contributed by atoms with Gasteiger partial charge in [-0.1, -0.05) is 48.5 Å². The molecule has 0 saturated heterocycles. The number of hydrogen-bond donors (Lipinski definition) is 2. The lowest BCUT2D eigenvalue weighted by molar-refractivity contribution is -0.139. The van der Waals surface area contributed by atoms with Gasteiger partial charge in [-0.2, -0.15) is 0 Å². The first-order chi connectivity index (χ1) is 11.7. The summed E-state index contributed by atoms with van der Waals surface area (Å²) in [5, 5.41) is 10.9. The zero-order valence-corrected chi connectivity index (χ0v) is 13.4. The van der Waals surface area contributed by atoms with Crippen LogP contribution in [0.15, 0.2) is 54.6 Å². The zero-order chi connectivity index (χ0) is 16.5. The maximum atomic E-state index is 11.9. The number of para-hydroxylation sites is 1. The van der Waals surface area contributed by atoms with E-state index in [0.717, 1.165) is 41.7 Å². The molecule has 2 heterocycles. The molecule has 0 saturated carbocycles. The second-order valence-electron chi connectivity index (χ2n) is 6.42. The molecular weight excluding hydrogens is 300 g/mol. The van der Waals surface area contributed by atoms with Gasteiger partial charge in [0.2, 0.25) is 0 Å². The van der Waals surface area contributed by atoms with E-state index in [1.807, 2.05) is 36.4 Å². The molecule has 0 radical (unpaired) electrons. The normalized spacial score (nSPS) is 18.2. The molecule has 2 aromatic carbocycles. The van der Waals surface area contributed by atoms with E-state index >= 15 is 0 Å². The highest BCUT2D eigenvalue weighted by Gasteiger charge is 2.31. The molecule has 4 rings (SSSR count). The van der Waals surface area contributed by atoms with Crippen molar-refractivity contribution < 1.29 is 9.90 Å². The van der Waals surface area contributed by atoms with Crippen molar-refractivity contribution in [1.82, 2.24) is 9.88 Å². The van der Waals surface area contributed by atoms with Gasteiger partial charge in [-0.05, 0) is 23.6 Å². The number of nitrogens with zero attached hydrogens (tertiary/aromatic N) is 1. The molecule has 3 aromatic rings. The Morgan fingerprint density at radius 2 is 1.88 bits per heavy atom. The highest BCUT2D eigenvalue weighted by atomic mass is 16.4. The number of fused-ring (bicyclic) bond motifs is 3. The van der Waals surface area contributed by atoms with Crippen LogP contribution in [-0.2, 0) is 17.8 Å². The number of carbonyl (C=O) groups is 1. The average Bonchev–Trinajstić information content (AvgIpc) is 2.86. The molecule has 122 valence electrons. The summed E-state index contributed by atoms with van der Waals surface area (Å²) < 4.78 is 0. The van der Waals surface area contributed by atoms with E-state index < -0.39 is 11.9 Å². The Balaban J connectivity index is 1.68. The minimum Gasteiger partial charge on any atom is -0.481 e. The van der Waals surface area contributed by atoms with Crippen LogP contribution >= 0.6 is 0 Å². The number of carboxylic acids is 1. The minimum atomic E-state index is -0.761. The van der Waals surface area contributed by atoms with Crippen LogP contribution in [0.25, 0.3) is 10.9 Å². The quantitative estimate of drug-likeness (QED) is 0.778. The predicted molar refractivity (Wildman–Crippen MR) is 94.1 cm³/mol. The molecule has 1 aromatic heterocycles. The molecule has 1 atom stereocenters. The Morgan fingerprint density at radius 1 is 1.12 bits per heavy atom. The van der Waals surface area contributed by atoms with Crippen molar-refractivity contribution in [2.75, 3.05) is 13.1 Å². The number of benzene rings is 2. The van der Waals surface area contributed by atoms with Crippen LogP contribution in [0.1, 0.15) is 22.7 Å². The number of carboxylic acid groups (broad SMARTS) is 1. The van der Waals surface area contributed by atoms with Crippen LogP contribution in [0, 0.1) is 0 Å². The summed E-state index contributed by atoms with van der Waals surface area (Å²) in [6.45, 7) is 2.18. The smallest absolute Gasteiger partial charge is 0.313 e. The third-order valence-electron chi connectivity index (χ3n) is 4.86. The third kappa shape index (κ3) is 2.69. The van der Waals surface area contributed by atoms with E-state index in [4.69, 9.17) is 0 Å². The average molecular weight is 320 g/mol. The third-order valence-corrected chi connectivity index (χ3v) is 4.86. The lowest BCUT2D eigenvalue weighted by atomic mass is 10.00. The van der Waals surface area contributed by atoms with Gasteiger partial charge < -0.3 is 10.1 Å². The van der Waals surface area contributed by atoms with Gasteiger partial charge >= 0.3 is 5.97 Å². The summed E-state index contributed by atoms with van der Waals surface area (Å²) in [4.78, 5) is 17.5. The highest BCUT2D eigenvalue weighted by Crippen LogP contribution is 2.32. The van der Waals surface area contributed by atoms with Crippen molar-refractivity contribution in [3.63, 3.8) is 0 Å². The molecule has 1 aliphatic heterocycles. The van der Waals surface area contributed by atoms with Crippen molar-refractivity contribution >= 4 is 16.9 Å². The molecule has 0 aliphatic carbocycles. The van der Waals surface area contributed by atoms with E-state index in [1.165, 1.54) is 5.56 Å². The molecule has 0 bridgehead atoms. The van der Waals surface area contributed by atoms with Gasteiger partial charge in [-0.3, -0.25) is 9.69 Å². The Labute approximate surface area is 140 Å². The fourth-order valence-electron chi connectivity index (χ4n) is 3.69. The lowest BCUT2D eigenvalue weighted by Crippen LogP contribution is -2.31. The van der Waals surface area contributed by atoms with Crippen LogP contribution in [-0.4, -0.2) is 34.0 Å². The molecule has 0 fully saturated rings. The topological polar surface area (TPSA) is 56.3 Å². The first kappa shape index (κ1) is 15.0. The van der Waals surface area contributed by atoms with Gasteiger partial charge in [-0.25, -0.2) is 0 Å². The van der Waals surface area contributed by atoms with Crippen LogP contribution in [0.3, 0.4) is 0 Å². The van der Waals surface area contributed by atoms with Gasteiger partial charge in [-0.15, -0.1) is 0 Å². The van der Waals surface area contributed by atoms with Gasteiger partial charge in [0.1, 0.15) is 5.92 Å². The van der Waals surface area contributed by atoms with Crippen LogP contribution in [0.2, 0.25) is 0 Å². The Kier molecular flexibility index (Phi) is 3.82. The molecule has 4 heteroatoms. The van der Waals surface area contributed by atoms with Gasteiger partial charge in [0.05, 0.1) is 0 Å². The maximum absolute atomic E-state index is 11.9. The number of aromatic nitrogens is 1. The minimum absolute atomic E-state index is 0.515. The molecule has 0 spiro atoms. The second kappa shape index (κ2) is 6.13. The summed E-state index contributed by atoms with van der Waals surface area (Å²) in [5.41, 5.74) is 4.29. The number of hydrogen-bond acceptors (Lipinski definition) is 2. The molecule has 4 nitrogen and oxygen atoms in total. The summed E-state index contributed by atoms with van der Waals surface area (Å²) in [7, 11) is 0. The van der Waals surface area contributed by atoms with Crippen molar-refractivity contribution in [3.05, 3.63) is 71.4 Å². The van der Waals surface area contributed by atoms with Crippen molar-refractivity contribution in [3.8, 4) is 0 Å². The summed E-state index contributed by atoms with van der Waals surface area (Å²) >= 11 is 0. The van der Waals surface area contributed by atoms with Crippen molar-refractivity contribution in [2.24, 2.45) is 0 Å². The highest BCUT2D eigenvalue weighted by molar-refractivity contribution is 5.88.